The van der Waals surface area contributed by atoms with Gasteiger partial charge in [-0.15, -0.1) is 0 Å². The number of nitrogens with zero attached hydrogens (tertiary/aromatic N) is 5. The van der Waals surface area contributed by atoms with Gasteiger partial charge in [0.15, 0.2) is 11.7 Å². The van der Waals surface area contributed by atoms with Crippen LogP contribution in [0.1, 0.15) is 32.0 Å². The Balaban J connectivity index is 2.09. The van der Waals surface area contributed by atoms with E-state index in [0.717, 1.165) is 4.68 Å². The molecule has 0 aliphatic carbocycles. The molecule has 1 saturated heterocycles. The van der Waals surface area contributed by atoms with Crippen molar-refractivity contribution in [3.8, 4) is 0 Å². The van der Waals surface area contributed by atoms with Crippen LogP contribution in [0.2, 0.25) is 0 Å². The molecule has 0 spiro atoms. The van der Waals surface area contributed by atoms with E-state index in [4.69, 9.17) is 0 Å². The van der Waals surface area contributed by atoms with Crippen molar-refractivity contribution in [3.05, 3.63) is 17.5 Å². The summed E-state index contributed by atoms with van der Waals surface area (Å²) < 4.78 is 40.4. The SMILES string of the molecule is CCNC(=NCc1cn(C)nc1C(F)(F)F)N1CCN(C(=O)C(C)C)CC1. The number of halogens is 3. The minimum Gasteiger partial charge on any atom is -0.357 e. The molecule has 0 aromatic carbocycles. The Hall–Kier alpha value is -2.26. The molecule has 0 bridgehead atoms. The minimum atomic E-state index is -4.51. The first-order valence-corrected chi connectivity index (χ1v) is 9.05. The van der Waals surface area contributed by atoms with E-state index in [0.29, 0.717) is 38.7 Å². The lowest BCUT2D eigenvalue weighted by Gasteiger charge is -2.37. The molecule has 1 fully saturated rings. The molecule has 0 unspecified atom stereocenters. The first-order valence-electron chi connectivity index (χ1n) is 9.05. The molecular formula is C17H27F3N6O. The number of piperazine rings is 1. The van der Waals surface area contributed by atoms with Crippen LogP contribution in [0.15, 0.2) is 11.2 Å². The van der Waals surface area contributed by atoms with Crippen molar-refractivity contribution >= 4 is 11.9 Å². The zero-order chi connectivity index (χ0) is 20.2. The number of guanidine groups is 1. The first-order chi connectivity index (χ1) is 12.6. The van der Waals surface area contributed by atoms with Gasteiger partial charge in [-0.3, -0.25) is 9.48 Å². The number of aryl methyl sites for hydroxylation is 1. The smallest absolute Gasteiger partial charge is 0.357 e. The summed E-state index contributed by atoms with van der Waals surface area (Å²) in [6.45, 7) is 8.44. The Bertz CT molecular complexity index is 675. The summed E-state index contributed by atoms with van der Waals surface area (Å²) in [6, 6.07) is 0. The highest BCUT2D eigenvalue weighted by molar-refractivity contribution is 5.81. The van der Waals surface area contributed by atoms with Crippen molar-refractivity contribution < 1.29 is 18.0 Å². The molecule has 1 amide bonds. The van der Waals surface area contributed by atoms with Crippen molar-refractivity contribution in [2.75, 3.05) is 32.7 Å². The maximum Gasteiger partial charge on any atom is 0.435 e. The Kier molecular flexibility index (Phi) is 6.72. The molecule has 0 radical (unpaired) electrons. The molecule has 1 aliphatic heterocycles. The van der Waals surface area contributed by atoms with Crippen LogP contribution in [-0.2, 0) is 24.6 Å². The fraction of sp³-hybridized carbons (Fsp3) is 0.706. The Morgan fingerprint density at radius 2 is 1.85 bits per heavy atom. The maximum absolute atomic E-state index is 13.1. The number of hydrogen-bond donors (Lipinski definition) is 1. The standard InChI is InChI=1S/C17H27F3N6O/c1-5-21-16(26-8-6-25(7-9-26)15(27)12(2)3)22-10-13-11-24(4)23-14(13)17(18,19)20/h11-12H,5-10H2,1-4H3,(H,21,22). The lowest BCUT2D eigenvalue weighted by Crippen LogP contribution is -2.54. The summed E-state index contributed by atoms with van der Waals surface area (Å²) in [7, 11) is 1.46. The monoisotopic (exact) mass is 388 g/mol. The van der Waals surface area contributed by atoms with Crippen LogP contribution in [-0.4, -0.2) is 64.2 Å². The molecule has 2 rings (SSSR count). The molecule has 2 heterocycles. The van der Waals surface area contributed by atoms with Crippen molar-refractivity contribution in [1.82, 2.24) is 24.9 Å². The third-order valence-electron chi connectivity index (χ3n) is 4.29. The van der Waals surface area contributed by atoms with E-state index in [9.17, 15) is 18.0 Å². The number of alkyl halides is 3. The van der Waals surface area contributed by atoms with E-state index in [1.165, 1.54) is 13.2 Å². The third-order valence-corrected chi connectivity index (χ3v) is 4.29. The summed E-state index contributed by atoms with van der Waals surface area (Å²) in [5.41, 5.74) is -0.869. The fourth-order valence-electron chi connectivity index (χ4n) is 2.98. The van der Waals surface area contributed by atoms with Gasteiger partial charge >= 0.3 is 6.18 Å². The van der Waals surface area contributed by atoms with E-state index in [1.54, 1.807) is 0 Å². The number of aromatic nitrogens is 2. The second kappa shape index (κ2) is 8.62. The van der Waals surface area contributed by atoms with E-state index in [-0.39, 0.29) is 23.9 Å². The number of carbonyl (C=O) groups is 1. The molecule has 1 aromatic heterocycles. The van der Waals surface area contributed by atoms with Gasteiger partial charge < -0.3 is 15.1 Å². The van der Waals surface area contributed by atoms with Crippen LogP contribution in [0.25, 0.3) is 0 Å². The van der Waals surface area contributed by atoms with Crippen molar-refractivity contribution in [2.24, 2.45) is 18.0 Å². The quantitative estimate of drug-likeness (QED) is 0.630. The molecule has 1 N–H and O–H groups in total. The molecular weight excluding hydrogens is 361 g/mol. The third kappa shape index (κ3) is 5.36. The molecule has 1 aromatic rings. The predicted octanol–water partition coefficient (Wildman–Crippen LogP) is 1.70. The number of nitrogens with one attached hydrogen (secondary N) is 1. The van der Waals surface area contributed by atoms with E-state index in [1.807, 2.05) is 30.6 Å². The van der Waals surface area contributed by atoms with E-state index < -0.39 is 11.9 Å². The second-order valence-electron chi connectivity index (χ2n) is 6.81. The summed E-state index contributed by atoms with van der Waals surface area (Å²) in [5.74, 6) is 0.609. The highest BCUT2D eigenvalue weighted by Crippen LogP contribution is 2.30. The average Bonchev–Trinajstić information content (AvgIpc) is 2.99. The summed E-state index contributed by atoms with van der Waals surface area (Å²) >= 11 is 0. The predicted molar refractivity (Wildman–Crippen MR) is 96.0 cm³/mol. The maximum atomic E-state index is 13.1. The highest BCUT2D eigenvalue weighted by atomic mass is 19.4. The number of carbonyl (C=O) groups excluding carboxylic acids is 1. The van der Waals surface area contributed by atoms with Gasteiger partial charge in [-0.1, -0.05) is 13.8 Å². The second-order valence-corrected chi connectivity index (χ2v) is 6.81. The van der Waals surface area contributed by atoms with Gasteiger partial charge in [-0.2, -0.15) is 18.3 Å². The molecule has 0 saturated carbocycles. The van der Waals surface area contributed by atoms with Gasteiger partial charge in [0.25, 0.3) is 0 Å². The van der Waals surface area contributed by atoms with Crippen LogP contribution < -0.4 is 5.32 Å². The molecule has 10 heteroatoms. The number of amides is 1. The molecule has 152 valence electrons. The van der Waals surface area contributed by atoms with E-state index in [2.05, 4.69) is 15.4 Å². The van der Waals surface area contributed by atoms with Crippen molar-refractivity contribution in [2.45, 2.75) is 33.5 Å². The largest absolute Gasteiger partial charge is 0.435 e. The van der Waals surface area contributed by atoms with Gasteiger partial charge in [0.05, 0.1) is 6.54 Å². The number of aliphatic imine (C=N–C) groups is 1. The van der Waals surface area contributed by atoms with Crippen LogP contribution in [0, 0.1) is 5.92 Å². The van der Waals surface area contributed by atoms with Gasteiger partial charge in [-0.25, -0.2) is 4.99 Å². The van der Waals surface area contributed by atoms with Gasteiger partial charge in [0.1, 0.15) is 0 Å². The zero-order valence-corrected chi connectivity index (χ0v) is 16.2. The topological polar surface area (TPSA) is 65.8 Å². The number of hydrogen-bond acceptors (Lipinski definition) is 3. The minimum absolute atomic E-state index is 0.0361. The Labute approximate surface area is 157 Å². The Morgan fingerprint density at radius 3 is 2.37 bits per heavy atom. The van der Waals surface area contributed by atoms with Gasteiger partial charge in [-0.05, 0) is 6.92 Å². The van der Waals surface area contributed by atoms with Crippen LogP contribution in [0.4, 0.5) is 13.2 Å². The molecule has 0 atom stereocenters. The molecule has 7 nitrogen and oxygen atoms in total. The number of rotatable bonds is 4. The average molecular weight is 388 g/mol. The van der Waals surface area contributed by atoms with Gasteiger partial charge in [0, 0.05) is 57.4 Å². The fourth-order valence-corrected chi connectivity index (χ4v) is 2.98. The lowest BCUT2D eigenvalue weighted by molar-refractivity contribution is -0.142. The van der Waals surface area contributed by atoms with Crippen LogP contribution in [0.5, 0.6) is 0 Å². The highest BCUT2D eigenvalue weighted by Gasteiger charge is 2.36. The van der Waals surface area contributed by atoms with E-state index >= 15 is 0 Å². The summed E-state index contributed by atoms with van der Waals surface area (Å²) in [5, 5.41) is 6.63. The van der Waals surface area contributed by atoms with Gasteiger partial charge in [0.2, 0.25) is 5.91 Å². The van der Waals surface area contributed by atoms with Crippen LogP contribution in [0.3, 0.4) is 0 Å². The summed E-state index contributed by atoms with van der Waals surface area (Å²) in [4.78, 5) is 20.2. The zero-order valence-electron chi connectivity index (χ0n) is 16.2. The Morgan fingerprint density at radius 1 is 1.26 bits per heavy atom. The molecule has 1 aliphatic rings. The van der Waals surface area contributed by atoms with Crippen LogP contribution >= 0.6 is 0 Å². The molecule has 27 heavy (non-hydrogen) atoms. The normalized spacial score (nSPS) is 16.2. The summed E-state index contributed by atoms with van der Waals surface area (Å²) in [6.07, 6.45) is -3.16. The first kappa shape index (κ1) is 21.0. The van der Waals surface area contributed by atoms with Crippen molar-refractivity contribution in [3.63, 3.8) is 0 Å². The lowest BCUT2D eigenvalue weighted by atomic mass is 10.1. The van der Waals surface area contributed by atoms with Crippen molar-refractivity contribution in [1.29, 1.82) is 0 Å².